The van der Waals surface area contributed by atoms with Gasteiger partial charge in [-0.05, 0) is 25.3 Å². The summed E-state index contributed by atoms with van der Waals surface area (Å²) in [7, 11) is 0. The normalized spacial score (nSPS) is 19.0. The van der Waals surface area contributed by atoms with Gasteiger partial charge >= 0.3 is 5.97 Å². The molecule has 0 amide bonds. The van der Waals surface area contributed by atoms with Crippen LogP contribution in [0.25, 0.3) is 0 Å². The van der Waals surface area contributed by atoms with Gasteiger partial charge in [0, 0.05) is 0 Å². The zero-order chi connectivity index (χ0) is 15.1. The Balaban J connectivity index is 2.09. The molecule has 4 nitrogen and oxygen atoms in total. The van der Waals surface area contributed by atoms with E-state index in [-0.39, 0.29) is 12.7 Å². The van der Waals surface area contributed by atoms with Crippen LogP contribution in [-0.4, -0.2) is 25.3 Å². The summed E-state index contributed by atoms with van der Waals surface area (Å²) >= 11 is 0. The number of hydrogen-bond acceptors (Lipinski definition) is 4. The first kappa shape index (κ1) is 16.0. The van der Waals surface area contributed by atoms with E-state index >= 15 is 0 Å². The molecule has 1 saturated carbocycles. The van der Waals surface area contributed by atoms with Gasteiger partial charge in [-0.1, -0.05) is 49.6 Å². The van der Waals surface area contributed by atoms with Crippen LogP contribution >= 0.6 is 0 Å². The minimum Gasteiger partial charge on any atom is -0.464 e. The first-order valence-corrected chi connectivity index (χ1v) is 7.80. The molecule has 0 bridgehead atoms. The van der Waals surface area contributed by atoms with Crippen LogP contribution in [0.2, 0.25) is 0 Å². The van der Waals surface area contributed by atoms with Gasteiger partial charge in [0.2, 0.25) is 0 Å². The lowest BCUT2D eigenvalue weighted by Crippen LogP contribution is -2.50. The Morgan fingerprint density at radius 3 is 2.52 bits per heavy atom. The summed E-state index contributed by atoms with van der Waals surface area (Å²) in [5, 5.41) is 0. The van der Waals surface area contributed by atoms with E-state index in [4.69, 9.17) is 15.2 Å². The molecule has 1 fully saturated rings. The van der Waals surface area contributed by atoms with Crippen molar-refractivity contribution in [3.8, 4) is 0 Å². The van der Waals surface area contributed by atoms with Crippen LogP contribution in [0, 0.1) is 0 Å². The number of rotatable bonds is 6. The third-order valence-electron chi connectivity index (χ3n) is 4.03. The summed E-state index contributed by atoms with van der Waals surface area (Å²) < 4.78 is 11.1. The van der Waals surface area contributed by atoms with E-state index < -0.39 is 11.5 Å². The van der Waals surface area contributed by atoms with E-state index in [1.165, 1.54) is 19.3 Å². The van der Waals surface area contributed by atoms with Gasteiger partial charge in [-0.3, -0.25) is 0 Å². The predicted molar refractivity (Wildman–Crippen MR) is 81.8 cm³/mol. The number of carbonyl (C=O) groups is 1. The third kappa shape index (κ3) is 4.05. The summed E-state index contributed by atoms with van der Waals surface area (Å²) in [5.41, 5.74) is 5.87. The van der Waals surface area contributed by atoms with E-state index in [1.54, 1.807) is 6.92 Å². The van der Waals surface area contributed by atoms with E-state index in [1.807, 2.05) is 30.3 Å². The number of esters is 1. The third-order valence-corrected chi connectivity index (χ3v) is 4.03. The lowest BCUT2D eigenvalue weighted by atomic mass is 9.91. The minimum absolute atomic E-state index is 0.167. The van der Waals surface area contributed by atoms with Crippen LogP contribution in [0.1, 0.15) is 44.6 Å². The molecule has 0 saturated heterocycles. The van der Waals surface area contributed by atoms with Gasteiger partial charge < -0.3 is 15.2 Å². The van der Waals surface area contributed by atoms with Crippen molar-refractivity contribution in [1.82, 2.24) is 0 Å². The molecule has 21 heavy (non-hydrogen) atoms. The fourth-order valence-electron chi connectivity index (χ4n) is 2.74. The second-order valence-corrected chi connectivity index (χ2v) is 5.63. The Hall–Kier alpha value is -1.39. The average molecular weight is 291 g/mol. The lowest BCUT2D eigenvalue weighted by molar-refractivity contribution is -0.154. The Bertz CT molecular complexity index is 443. The van der Waals surface area contributed by atoms with Gasteiger partial charge in [0.1, 0.15) is 0 Å². The molecule has 4 heteroatoms. The SMILES string of the molecule is CCOC(=O)C(N)(COC1CCCCC1)c1ccccc1. The van der Waals surface area contributed by atoms with Crippen molar-refractivity contribution in [2.45, 2.75) is 50.7 Å². The van der Waals surface area contributed by atoms with Crippen LogP contribution in [0.15, 0.2) is 30.3 Å². The van der Waals surface area contributed by atoms with Crippen molar-refractivity contribution < 1.29 is 14.3 Å². The van der Waals surface area contributed by atoms with Crippen molar-refractivity contribution in [2.75, 3.05) is 13.2 Å². The zero-order valence-corrected chi connectivity index (χ0v) is 12.7. The maximum Gasteiger partial charge on any atom is 0.333 e. The Morgan fingerprint density at radius 1 is 1.24 bits per heavy atom. The summed E-state index contributed by atoms with van der Waals surface area (Å²) in [5.74, 6) is -0.424. The standard InChI is InChI=1S/C17H25NO3/c1-2-20-16(19)17(18,14-9-5-3-6-10-14)13-21-15-11-7-4-8-12-15/h3,5-6,9-10,15H,2,4,7-8,11-13,18H2,1H3. The predicted octanol–water partition coefficient (Wildman–Crippen LogP) is 2.75. The second kappa shape index (κ2) is 7.57. The summed E-state index contributed by atoms with van der Waals surface area (Å²) in [6.07, 6.45) is 5.95. The number of ether oxygens (including phenoxy) is 2. The molecule has 1 unspecified atom stereocenters. The summed E-state index contributed by atoms with van der Waals surface area (Å²) in [6, 6.07) is 9.34. The molecule has 0 aromatic heterocycles. The molecule has 1 atom stereocenters. The Kier molecular flexibility index (Phi) is 5.76. The fraction of sp³-hybridized carbons (Fsp3) is 0.588. The van der Waals surface area contributed by atoms with Gasteiger partial charge in [0.05, 0.1) is 19.3 Å². The van der Waals surface area contributed by atoms with Crippen molar-refractivity contribution >= 4 is 5.97 Å². The lowest BCUT2D eigenvalue weighted by Gasteiger charge is -2.30. The van der Waals surface area contributed by atoms with Gasteiger partial charge in [-0.15, -0.1) is 0 Å². The number of carbonyl (C=O) groups excluding carboxylic acids is 1. The van der Waals surface area contributed by atoms with Crippen LogP contribution in [-0.2, 0) is 19.8 Å². The molecule has 1 aliphatic carbocycles. The average Bonchev–Trinajstić information content (AvgIpc) is 2.54. The topological polar surface area (TPSA) is 61.5 Å². The fourth-order valence-corrected chi connectivity index (χ4v) is 2.74. The monoisotopic (exact) mass is 291 g/mol. The van der Waals surface area contributed by atoms with E-state index in [0.717, 1.165) is 18.4 Å². The number of benzene rings is 1. The van der Waals surface area contributed by atoms with Gasteiger partial charge in [-0.2, -0.15) is 0 Å². The molecule has 0 radical (unpaired) electrons. The molecule has 2 rings (SSSR count). The van der Waals surface area contributed by atoms with Crippen molar-refractivity contribution in [2.24, 2.45) is 5.73 Å². The molecule has 0 spiro atoms. The van der Waals surface area contributed by atoms with Crippen molar-refractivity contribution in [3.05, 3.63) is 35.9 Å². The highest BCUT2D eigenvalue weighted by Gasteiger charge is 2.38. The first-order valence-electron chi connectivity index (χ1n) is 7.80. The second-order valence-electron chi connectivity index (χ2n) is 5.63. The largest absolute Gasteiger partial charge is 0.464 e. The van der Waals surface area contributed by atoms with Crippen LogP contribution in [0.4, 0.5) is 0 Å². The maximum absolute atomic E-state index is 12.3. The van der Waals surface area contributed by atoms with Crippen LogP contribution < -0.4 is 5.73 Å². The molecular formula is C17H25NO3. The number of hydrogen-bond donors (Lipinski definition) is 1. The van der Waals surface area contributed by atoms with Crippen LogP contribution in [0.5, 0.6) is 0 Å². The molecule has 0 heterocycles. The Labute approximate surface area is 126 Å². The quantitative estimate of drug-likeness (QED) is 0.819. The van der Waals surface area contributed by atoms with Crippen molar-refractivity contribution in [1.29, 1.82) is 0 Å². The van der Waals surface area contributed by atoms with Gasteiger partial charge in [-0.25, -0.2) is 4.79 Å². The zero-order valence-electron chi connectivity index (χ0n) is 12.7. The molecular weight excluding hydrogens is 266 g/mol. The summed E-state index contributed by atoms with van der Waals surface area (Å²) in [4.78, 5) is 12.3. The maximum atomic E-state index is 12.3. The highest BCUT2D eigenvalue weighted by molar-refractivity contribution is 5.82. The molecule has 2 N–H and O–H groups in total. The Morgan fingerprint density at radius 2 is 1.90 bits per heavy atom. The van der Waals surface area contributed by atoms with E-state index in [2.05, 4.69) is 0 Å². The molecule has 116 valence electrons. The highest BCUT2D eigenvalue weighted by atomic mass is 16.5. The molecule has 1 aromatic rings. The number of nitrogens with two attached hydrogens (primary N) is 1. The smallest absolute Gasteiger partial charge is 0.333 e. The van der Waals surface area contributed by atoms with E-state index in [0.29, 0.717) is 6.61 Å². The highest BCUT2D eigenvalue weighted by Crippen LogP contribution is 2.25. The van der Waals surface area contributed by atoms with Gasteiger partial charge in [0.15, 0.2) is 5.54 Å². The molecule has 0 aliphatic heterocycles. The van der Waals surface area contributed by atoms with E-state index in [9.17, 15) is 4.79 Å². The first-order chi connectivity index (χ1) is 10.2. The molecule has 1 aliphatic rings. The molecule has 1 aromatic carbocycles. The van der Waals surface area contributed by atoms with Crippen molar-refractivity contribution in [3.63, 3.8) is 0 Å². The van der Waals surface area contributed by atoms with Crippen LogP contribution in [0.3, 0.4) is 0 Å². The van der Waals surface area contributed by atoms with Gasteiger partial charge in [0.25, 0.3) is 0 Å². The minimum atomic E-state index is -1.23. The summed E-state index contributed by atoms with van der Waals surface area (Å²) in [6.45, 7) is 2.26.